The molecule has 0 unspecified atom stereocenters. The summed E-state index contributed by atoms with van der Waals surface area (Å²) in [6.45, 7) is 6.76. The third-order valence-electron chi connectivity index (χ3n) is 3.45. The van der Waals surface area contributed by atoms with E-state index in [9.17, 15) is 10.2 Å². The summed E-state index contributed by atoms with van der Waals surface area (Å²) >= 11 is 0. The highest BCUT2D eigenvalue weighted by molar-refractivity contribution is 5.78. The van der Waals surface area contributed by atoms with Gasteiger partial charge in [-0.1, -0.05) is 6.58 Å². The molecule has 3 atom stereocenters. The van der Waals surface area contributed by atoms with Crippen LogP contribution in [0, 0.1) is 11.8 Å². The van der Waals surface area contributed by atoms with Crippen molar-refractivity contribution in [3.63, 3.8) is 0 Å². The molecule has 2 aliphatic rings. The Morgan fingerprint density at radius 1 is 1.50 bits per heavy atom. The first-order valence-corrected chi connectivity index (χ1v) is 5.53. The molecular weight excluding hydrogens is 204 g/mol. The summed E-state index contributed by atoms with van der Waals surface area (Å²) in [5.41, 5.74) is 2.10. The zero-order valence-corrected chi connectivity index (χ0v) is 9.50. The lowest BCUT2D eigenvalue weighted by molar-refractivity contribution is 0.0256. The predicted molar refractivity (Wildman–Crippen MR) is 63.0 cm³/mol. The Kier molecular flexibility index (Phi) is 3.12. The van der Waals surface area contributed by atoms with E-state index in [0.29, 0.717) is 6.67 Å². The van der Waals surface area contributed by atoms with Crippen molar-refractivity contribution in [3.05, 3.63) is 23.9 Å². The normalized spacial score (nSPS) is 33.7. The van der Waals surface area contributed by atoms with Gasteiger partial charge in [-0.3, -0.25) is 4.99 Å². The predicted octanol–water partition coefficient (Wildman–Crippen LogP) is 0.390. The van der Waals surface area contributed by atoms with Gasteiger partial charge in [0.25, 0.3) is 0 Å². The van der Waals surface area contributed by atoms with Gasteiger partial charge >= 0.3 is 0 Å². The maximum Gasteiger partial charge on any atom is 0.110 e. The average Bonchev–Trinajstić information content (AvgIpc) is 2.26. The van der Waals surface area contributed by atoms with Gasteiger partial charge in [-0.05, 0) is 18.1 Å². The Balaban J connectivity index is 2.11. The van der Waals surface area contributed by atoms with Crippen molar-refractivity contribution < 1.29 is 10.2 Å². The van der Waals surface area contributed by atoms with E-state index < -0.39 is 0 Å². The van der Waals surface area contributed by atoms with Crippen LogP contribution in [-0.2, 0) is 0 Å². The maximum absolute atomic E-state index is 9.33. The van der Waals surface area contributed by atoms with E-state index in [1.54, 1.807) is 0 Å². The molecule has 1 heterocycles. The van der Waals surface area contributed by atoms with Crippen molar-refractivity contribution in [1.29, 1.82) is 0 Å². The van der Waals surface area contributed by atoms with Crippen LogP contribution in [0.1, 0.15) is 6.92 Å². The molecule has 0 aromatic carbocycles. The lowest BCUT2D eigenvalue weighted by atomic mass is 9.65. The first kappa shape index (κ1) is 11.4. The zero-order valence-electron chi connectivity index (χ0n) is 9.50. The Morgan fingerprint density at radius 3 is 2.81 bits per heavy atom. The lowest BCUT2D eigenvalue weighted by Gasteiger charge is -2.50. The van der Waals surface area contributed by atoms with Crippen LogP contribution < -0.4 is 0 Å². The monoisotopic (exact) mass is 222 g/mol. The quantitative estimate of drug-likeness (QED) is 0.679. The lowest BCUT2D eigenvalue weighted by Crippen LogP contribution is -2.55. The largest absolute Gasteiger partial charge is 0.396 e. The Bertz CT molecular complexity index is 349. The summed E-state index contributed by atoms with van der Waals surface area (Å²) in [7, 11) is 0. The molecule has 0 saturated heterocycles. The molecular formula is C12H18N2O2. The van der Waals surface area contributed by atoms with E-state index in [0.717, 1.165) is 11.1 Å². The van der Waals surface area contributed by atoms with Crippen LogP contribution in [-0.4, -0.2) is 47.3 Å². The van der Waals surface area contributed by atoms with E-state index in [1.165, 1.54) is 0 Å². The second kappa shape index (κ2) is 4.39. The van der Waals surface area contributed by atoms with Gasteiger partial charge in [0.1, 0.15) is 6.67 Å². The van der Waals surface area contributed by atoms with Gasteiger partial charge in [0.05, 0.1) is 12.6 Å². The molecule has 4 heteroatoms. The molecule has 0 radical (unpaired) electrons. The third kappa shape index (κ3) is 1.68. The molecule has 1 aliphatic heterocycles. The number of aliphatic imine (C=N–C) groups is 1. The summed E-state index contributed by atoms with van der Waals surface area (Å²) in [5, 5.41) is 18.5. The fraction of sp³-hybridized carbons (Fsp3) is 0.583. The smallest absolute Gasteiger partial charge is 0.110 e. The molecule has 0 amide bonds. The number of hydrogen-bond acceptors (Lipinski definition) is 4. The molecule has 2 N–H and O–H groups in total. The van der Waals surface area contributed by atoms with Crippen LogP contribution in [0.4, 0.5) is 0 Å². The Morgan fingerprint density at radius 2 is 2.25 bits per heavy atom. The molecule has 0 aromatic rings. The van der Waals surface area contributed by atoms with Gasteiger partial charge in [0.15, 0.2) is 0 Å². The summed E-state index contributed by atoms with van der Waals surface area (Å²) in [6, 6.07) is 0.120. The van der Waals surface area contributed by atoms with Crippen molar-refractivity contribution in [1.82, 2.24) is 4.90 Å². The molecule has 0 bridgehead atoms. The van der Waals surface area contributed by atoms with Gasteiger partial charge in [-0.15, -0.1) is 0 Å². The van der Waals surface area contributed by atoms with Crippen LogP contribution in [0.3, 0.4) is 0 Å². The molecule has 0 aromatic heterocycles. The molecule has 16 heavy (non-hydrogen) atoms. The number of aliphatic hydroxyl groups excluding tert-OH is 2. The summed E-state index contributed by atoms with van der Waals surface area (Å²) in [5.74, 6) is 0.115. The van der Waals surface area contributed by atoms with Gasteiger partial charge in [-0.25, -0.2) is 0 Å². The molecule has 2 rings (SSSR count). The van der Waals surface area contributed by atoms with E-state index >= 15 is 0 Å². The number of hydrogen-bond donors (Lipinski definition) is 2. The maximum atomic E-state index is 9.33. The van der Waals surface area contributed by atoms with Crippen molar-refractivity contribution in [2.24, 2.45) is 16.8 Å². The summed E-state index contributed by atoms with van der Waals surface area (Å²) < 4.78 is 0. The standard InChI is InChI=1S/C12H18N2O2/c1-8-3-13-7-14(4-8)12-9(2)10(5-15)11(12)6-16/h3-4,10-12,15-16H,2,5-7H2,1H3/t10-,11+,12+/m0/s1. The van der Waals surface area contributed by atoms with Crippen LogP contribution in [0.2, 0.25) is 0 Å². The molecule has 0 spiro atoms. The van der Waals surface area contributed by atoms with Gasteiger partial charge < -0.3 is 15.1 Å². The summed E-state index contributed by atoms with van der Waals surface area (Å²) in [4.78, 5) is 6.33. The van der Waals surface area contributed by atoms with Gasteiger partial charge in [-0.2, -0.15) is 0 Å². The number of nitrogens with zero attached hydrogens (tertiary/aromatic N) is 2. The highest BCUT2D eigenvalue weighted by Gasteiger charge is 2.46. The molecule has 88 valence electrons. The number of rotatable bonds is 3. The fourth-order valence-corrected chi connectivity index (χ4v) is 2.59. The first-order chi connectivity index (χ1) is 7.69. The van der Waals surface area contributed by atoms with Crippen LogP contribution >= 0.6 is 0 Å². The van der Waals surface area contributed by atoms with E-state index in [-0.39, 0.29) is 31.1 Å². The topological polar surface area (TPSA) is 56.1 Å². The minimum atomic E-state index is 0.0367. The SMILES string of the molecule is C=C1[C@@H](N2C=C(C)C=NC2)[C@H](CO)[C@H]1CO. The minimum Gasteiger partial charge on any atom is -0.396 e. The van der Waals surface area contributed by atoms with Crippen molar-refractivity contribution in [2.75, 3.05) is 19.9 Å². The van der Waals surface area contributed by atoms with Gasteiger partial charge in [0, 0.05) is 30.9 Å². The van der Waals surface area contributed by atoms with E-state index in [2.05, 4.69) is 16.5 Å². The highest BCUT2D eigenvalue weighted by Crippen LogP contribution is 2.42. The number of aliphatic hydroxyl groups is 2. The molecule has 1 fully saturated rings. The zero-order chi connectivity index (χ0) is 11.7. The fourth-order valence-electron chi connectivity index (χ4n) is 2.59. The van der Waals surface area contributed by atoms with Crippen molar-refractivity contribution in [2.45, 2.75) is 13.0 Å². The molecule has 1 aliphatic carbocycles. The van der Waals surface area contributed by atoms with Crippen LogP contribution in [0.15, 0.2) is 28.9 Å². The first-order valence-electron chi connectivity index (χ1n) is 5.53. The van der Waals surface area contributed by atoms with Crippen molar-refractivity contribution in [3.8, 4) is 0 Å². The highest BCUT2D eigenvalue weighted by atomic mass is 16.3. The second-order valence-electron chi connectivity index (χ2n) is 4.50. The second-order valence-corrected chi connectivity index (χ2v) is 4.50. The molecule has 4 nitrogen and oxygen atoms in total. The summed E-state index contributed by atoms with van der Waals surface area (Å²) in [6.07, 6.45) is 3.88. The van der Waals surface area contributed by atoms with Gasteiger partial charge in [0.2, 0.25) is 0 Å². The Labute approximate surface area is 95.6 Å². The van der Waals surface area contributed by atoms with Crippen LogP contribution in [0.5, 0.6) is 0 Å². The number of allylic oxidation sites excluding steroid dienone is 1. The van der Waals surface area contributed by atoms with Crippen molar-refractivity contribution >= 4 is 6.21 Å². The molecule has 1 saturated carbocycles. The van der Waals surface area contributed by atoms with E-state index in [1.807, 2.05) is 19.3 Å². The van der Waals surface area contributed by atoms with E-state index in [4.69, 9.17) is 0 Å². The average molecular weight is 222 g/mol. The van der Waals surface area contributed by atoms with Crippen LogP contribution in [0.25, 0.3) is 0 Å². The Hall–Kier alpha value is -1.13. The third-order valence-corrected chi connectivity index (χ3v) is 3.45. The minimum absolute atomic E-state index is 0.0367.